The summed E-state index contributed by atoms with van der Waals surface area (Å²) in [5.74, 6) is -1.67. The number of carbonyl (C=O) groups excluding carboxylic acids is 3. The van der Waals surface area contributed by atoms with Crippen LogP contribution in [0, 0.1) is 5.92 Å². The molecule has 3 aromatic carbocycles. The molecule has 0 unspecified atom stereocenters. The molecule has 1 aliphatic rings. The summed E-state index contributed by atoms with van der Waals surface area (Å²) in [6.07, 6.45) is 0.0318. The average molecular weight is 434 g/mol. The van der Waals surface area contributed by atoms with Crippen molar-refractivity contribution in [1.82, 2.24) is 0 Å². The van der Waals surface area contributed by atoms with Gasteiger partial charge in [0.1, 0.15) is 0 Å². The minimum Gasteiger partial charge on any atom is -0.457 e. The second kappa shape index (κ2) is 9.14. The van der Waals surface area contributed by atoms with Crippen LogP contribution in [-0.2, 0) is 14.3 Å². The Labute approximate surface area is 185 Å². The summed E-state index contributed by atoms with van der Waals surface area (Å²) in [7, 11) is 0. The van der Waals surface area contributed by atoms with E-state index in [4.69, 9.17) is 16.3 Å². The van der Waals surface area contributed by atoms with Gasteiger partial charge in [0.05, 0.1) is 16.6 Å². The number of para-hydroxylation sites is 1. The lowest BCUT2D eigenvalue weighted by molar-refractivity contribution is -0.147. The van der Waals surface area contributed by atoms with Gasteiger partial charge in [-0.15, -0.1) is 0 Å². The zero-order valence-corrected chi connectivity index (χ0v) is 17.4. The standard InChI is InChI=1S/C25H20ClNO4/c26-21-8-4-5-9-22(21)27-15-20(14-24(27)29)25(30)31-16-23(28)19-12-10-18(11-13-19)17-6-2-1-3-7-17/h1-13,20H,14-16H2/t20-/m0/s1. The lowest BCUT2D eigenvalue weighted by atomic mass is 10.0. The van der Waals surface area contributed by atoms with E-state index in [0.29, 0.717) is 16.3 Å². The molecule has 6 heteroatoms. The van der Waals surface area contributed by atoms with Gasteiger partial charge in [0.15, 0.2) is 12.4 Å². The van der Waals surface area contributed by atoms with Gasteiger partial charge in [-0.3, -0.25) is 14.4 Å². The van der Waals surface area contributed by atoms with Gasteiger partial charge in [0.2, 0.25) is 5.91 Å². The fourth-order valence-electron chi connectivity index (χ4n) is 3.59. The molecule has 0 radical (unpaired) electrons. The predicted octanol–water partition coefficient (Wildman–Crippen LogP) is 4.79. The molecule has 0 aliphatic carbocycles. The van der Waals surface area contributed by atoms with Crippen LogP contribution >= 0.6 is 11.6 Å². The van der Waals surface area contributed by atoms with Crippen molar-refractivity contribution < 1.29 is 19.1 Å². The van der Waals surface area contributed by atoms with Crippen molar-refractivity contribution in [3.05, 3.63) is 89.4 Å². The van der Waals surface area contributed by atoms with Crippen LogP contribution < -0.4 is 4.90 Å². The Morgan fingerprint density at radius 3 is 2.26 bits per heavy atom. The Bertz CT molecular complexity index is 1110. The molecule has 1 amide bonds. The first-order valence-corrected chi connectivity index (χ1v) is 10.3. The maximum atomic E-state index is 12.4. The highest BCUT2D eigenvalue weighted by atomic mass is 35.5. The molecule has 31 heavy (non-hydrogen) atoms. The number of Topliss-reactive ketones (excluding diaryl/α,β-unsaturated/α-hetero) is 1. The maximum Gasteiger partial charge on any atom is 0.311 e. The van der Waals surface area contributed by atoms with E-state index >= 15 is 0 Å². The molecule has 1 saturated heterocycles. The number of carbonyl (C=O) groups is 3. The van der Waals surface area contributed by atoms with Crippen LogP contribution in [0.15, 0.2) is 78.9 Å². The van der Waals surface area contributed by atoms with Crippen molar-refractivity contribution in [2.24, 2.45) is 5.92 Å². The predicted molar refractivity (Wildman–Crippen MR) is 119 cm³/mol. The normalized spacial score (nSPS) is 15.7. The zero-order chi connectivity index (χ0) is 21.8. The number of hydrogen-bond donors (Lipinski definition) is 0. The molecule has 0 spiro atoms. The van der Waals surface area contributed by atoms with E-state index in [0.717, 1.165) is 11.1 Å². The maximum absolute atomic E-state index is 12.4. The molecule has 1 heterocycles. The van der Waals surface area contributed by atoms with E-state index in [9.17, 15) is 14.4 Å². The van der Waals surface area contributed by atoms with E-state index in [1.54, 1.807) is 36.4 Å². The summed E-state index contributed by atoms with van der Waals surface area (Å²) in [4.78, 5) is 38.7. The molecule has 1 aliphatic heterocycles. The minimum atomic E-state index is -0.628. The molecule has 1 atom stereocenters. The van der Waals surface area contributed by atoms with Crippen LogP contribution in [0.25, 0.3) is 11.1 Å². The fraction of sp³-hybridized carbons (Fsp3) is 0.160. The molecular formula is C25H20ClNO4. The number of amides is 1. The Morgan fingerprint density at radius 1 is 0.903 bits per heavy atom. The molecule has 0 bridgehead atoms. The van der Waals surface area contributed by atoms with Crippen molar-refractivity contribution in [3.8, 4) is 11.1 Å². The van der Waals surface area contributed by atoms with Crippen molar-refractivity contribution in [2.45, 2.75) is 6.42 Å². The van der Waals surface area contributed by atoms with Crippen LogP contribution in [0.4, 0.5) is 5.69 Å². The molecule has 0 saturated carbocycles. The van der Waals surface area contributed by atoms with Gasteiger partial charge in [0.25, 0.3) is 0 Å². The number of nitrogens with zero attached hydrogens (tertiary/aromatic N) is 1. The highest BCUT2D eigenvalue weighted by Gasteiger charge is 2.37. The van der Waals surface area contributed by atoms with Gasteiger partial charge in [-0.2, -0.15) is 0 Å². The van der Waals surface area contributed by atoms with Crippen LogP contribution in [0.1, 0.15) is 16.8 Å². The monoisotopic (exact) mass is 433 g/mol. The molecular weight excluding hydrogens is 414 g/mol. The van der Waals surface area contributed by atoms with E-state index in [1.807, 2.05) is 42.5 Å². The third-order valence-electron chi connectivity index (χ3n) is 5.26. The number of halogens is 1. The van der Waals surface area contributed by atoms with Crippen LogP contribution in [0.2, 0.25) is 5.02 Å². The van der Waals surface area contributed by atoms with Crippen LogP contribution in [0.3, 0.4) is 0 Å². The molecule has 156 valence electrons. The Morgan fingerprint density at radius 2 is 1.55 bits per heavy atom. The summed E-state index contributed by atoms with van der Waals surface area (Å²) in [5, 5.41) is 0.444. The fourth-order valence-corrected chi connectivity index (χ4v) is 3.82. The lowest BCUT2D eigenvalue weighted by Gasteiger charge is -2.17. The van der Waals surface area contributed by atoms with Crippen molar-refractivity contribution in [3.63, 3.8) is 0 Å². The molecule has 0 aromatic heterocycles. The summed E-state index contributed by atoms with van der Waals surface area (Å²) in [5.41, 5.74) is 3.09. The van der Waals surface area contributed by atoms with Crippen molar-refractivity contribution in [2.75, 3.05) is 18.1 Å². The summed E-state index contributed by atoms with van der Waals surface area (Å²) >= 11 is 6.16. The van der Waals surface area contributed by atoms with Gasteiger partial charge in [-0.05, 0) is 23.3 Å². The topological polar surface area (TPSA) is 63.7 Å². The van der Waals surface area contributed by atoms with E-state index < -0.39 is 11.9 Å². The summed E-state index contributed by atoms with van der Waals surface area (Å²) in [6, 6.07) is 24.0. The SMILES string of the molecule is O=C(COC(=O)[C@H]1CC(=O)N(c2ccccc2Cl)C1)c1ccc(-c2ccccc2)cc1. The van der Waals surface area contributed by atoms with Gasteiger partial charge < -0.3 is 9.64 Å². The van der Waals surface area contributed by atoms with E-state index in [1.165, 1.54) is 4.90 Å². The molecule has 4 rings (SSSR count). The number of hydrogen-bond acceptors (Lipinski definition) is 4. The Hall–Kier alpha value is -3.44. The van der Waals surface area contributed by atoms with Gasteiger partial charge >= 0.3 is 5.97 Å². The quantitative estimate of drug-likeness (QED) is 0.414. The van der Waals surface area contributed by atoms with E-state index in [2.05, 4.69) is 0 Å². The number of esters is 1. The highest BCUT2D eigenvalue weighted by Crippen LogP contribution is 2.31. The lowest BCUT2D eigenvalue weighted by Crippen LogP contribution is -2.27. The molecule has 0 N–H and O–H groups in total. The molecule has 1 fully saturated rings. The molecule has 5 nitrogen and oxygen atoms in total. The minimum absolute atomic E-state index is 0.0318. The van der Waals surface area contributed by atoms with Crippen LogP contribution in [-0.4, -0.2) is 30.8 Å². The van der Waals surface area contributed by atoms with E-state index in [-0.39, 0.29) is 31.3 Å². The van der Waals surface area contributed by atoms with Crippen molar-refractivity contribution >= 4 is 34.9 Å². The summed E-state index contributed by atoms with van der Waals surface area (Å²) < 4.78 is 5.22. The average Bonchev–Trinajstić information content (AvgIpc) is 3.19. The number of benzene rings is 3. The first-order valence-electron chi connectivity index (χ1n) is 9.93. The summed E-state index contributed by atoms with van der Waals surface area (Å²) in [6.45, 7) is -0.179. The number of anilines is 1. The highest BCUT2D eigenvalue weighted by molar-refractivity contribution is 6.33. The van der Waals surface area contributed by atoms with Crippen molar-refractivity contribution in [1.29, 1.82) is 0 Å². The van der Waals surface area contributed by atoms with Gasteiger partial charge in [-0.25, -0.2) is 0 Å². The third kappa shape index (κ3) is 4.67. The first kappa shape index (κ1) is 20.8. The first-order chi connectivity index (χ1) is 15.0. The number of ether oxygens (including phenoxy) is 1. The van der Waals surface area contributed by atoms with Crippen LogP contribution in [0.5, 0.6) is 0 Å². The second-order valence-electron chi connectivity index (χ2n) is 7.33. The third-order valence-corrected chi connectivity index (χ3v) is 5.58. The smallest absolute Gasteiger partial charge is 0.311 e. The Kier molecular flexibility index (Phi) is 6.14. The number of rotatable bonds is 6. The second-order valence-corrected chi connectivity index (χ2v) is 7.74. The number of ketones is 1. The zero-order valence-electron chi connectivity index (χ0n) is 16.7. The Balaban J connectivity index is 1.34. The largest absolute Gasteiger partial charge is 0.457 e. The molecule has 3 aromatic rings. The van der Waals surface area contributed by atoms with Gasteiger partial charge in [-0.1, -0.05) is 78.3 Å². The van der Waals surface area contributed by atoms with Gasteiger partial charge in [0, 0.05) is 18.5 Å².